The molecule has 0 bridgehead atoms. The Bertz CT molecular complexity index is 320. The van der Waals surface area contributed by atoms with Gasteiger partial charge in [0.1, 0.15) is 0 Å². The molecule has 0 radical (unpaired) electrons. The highest BCUT2D eigenvalue weighted by atomic mass is 15.3. The standard InChI is InChI=1S/C11H17N3/c12-11(4-5-11)10(2-3-10)6-9-14-8-1-7-13-14/h1,7-8H,2-6,9,12H2. The van der Waals surface area contributed by atoms with E-state index in [9.17, 15) is 0 Å². The van der Waals surface area contributed by atoms with Gasteiger partial charge in [-0.25, -0.2) is 0 Å². The molecule has 0 atom stereocenters. The van der Waals surface area contributed by atoms with Gasteiger partial charge in [0.25, 0.3) is 0 Å². The highest BCUT2D eigenvalue weighted by Crippen LogP contribution is 2.64. The van der Waals surface area contributed by atoms with E-state index < -0.39 is 0 Å². The zero-order valence-electron chi connectivity index (χ0n) is 8.45. The Morgan fingerprint density at radius 1 is 1.29 bits per heavy atom. The van der Waals surface area contributed by atoms with Gasteiger partial charge < -0.3 is 5.73 Å². The summed E-state index contributed by atoms with van der Waals surface area (Å²) in [6, 6.07) is 1.98. The quantitative estimate of drug-likeness (QED) is 0.784. The number of aromatic nitrogens is 2. The molecule has 0 saturated heterocycles. The van der Waals surface area contributed by atoms with Gasteiger partial charge in [0.05, 0.1) is 0 Å². The molecule has 0 aromatic carbocycles. The highest BCUT2D eigenvalue weighted by Gasteiger charge is 2.62. The fourth-order valence-corrected chi connectivity index (χ4v) is 2.57. The largest absolute Gasteiger partial charge is 0.325 e. The minimum atomic E-state index is 0.208. The second-order valence-corrected chi connectivity index (χ2v) is 4.96. The maximum Gasteiger partial charge on any atom is 0.0489 e. The average molecular weight is 191 g/mol. The molecule has 2 aliphatic rings. The number of aryl methyl sites for hydroxylation is 1. The van der Waals surface area contributed by atoms with Crippen LogP contribution < -0.4 is 5.73 Å². The van der Waals surface area contributed by atoms with Gasteiger partial charge in [-0.2, -0.15) is 5.10 Å². The first-order valence-corrected chi connectivity index (χ1v) is 5.51. The Hall–Kier alpha value is -0.830. The summed E-state index contributed by atoms with van der Waals surface area (Å²) in [5.74, 6) is 0. The van der Waals surface area contributed by atoms with E-state index in [0.717, 1.165) is 6.54 Å². The van der Waals surface area contributed by atoms with Gasteiger partial charge in [0.2, 0.25) is 0 Å². The van der Waals surface area contributed by atoms with Gasteiger partial charge in [-0.15, -0.1) is 0 Å². The lowest BCUT2D eigenvalue weighted by atomic mass is 9.91. The minimum Gasteiger partial charge on any atom is -0.325 e. The van der Waals surface area contributed by atoms with Crippen LogP contribution in [0.1, 0.15) is 32.1 Å². The molecular formula is C11H17N3. The van der Waals surface area contributed by atoms with Gasteiger partial charge in [0.15, 0.2) is 0 Å². The maximum atomic E-state index is 6.30. The zero-order valence-corrected chi connectivity index (χ0v) is 8.45. The summed E-state index contributed by atoms with van der Waals surface area (Å²) in [6.45, 7) is 1.03. The fourth-order valence-electron chi connectivity index (χ4n) is 2.57. The molecule has 2 N–H and O–H groups in total. The van der Waals surface area contributed by atoms with E-state index in [0.29, 0.717) is 5.41 Å². The molecule has 1 aromatic rings. The molecule has 2 aliphatic carbocycles. The number of rotatable bonds is 4. The first-order chi connectivity index (χ1) is 6.74. The Kier molecular flexibility index (Phi) is 1.57. The lowest BCUT2D eigenvalue weighted by Gasteiger charge is -2.22. The van der Waals surface area contributed by atoms with Crippen molar-refractivity contribution in [1.82, 2.24) is 9.78 Å². The third-order valence-corrected chi connectivity index (χ3v) is 4.08. The van der Waals surface area contributed by atoms with Crippen LogP contribution in [-0.2, 0) is 6.54 Å². The summed E-state index contributed by atoms with van der Waals surface area (Å²) in [5, 5.41) is 4.23. The average Bonchev–Trinajstić information content (AvgIpc) is 3.07. The number of nitrogens with two attached hydrogens (primary N) is 1. The topological polar surface area (TPSA) is 43.8 Å². The predicted octanol–water partition coefficient (Wildman–Crippen LogP) is 1.54. The molecule has 14 heavy (non-hydrogen) atoms. The van der Waals surface area contributed by atoms with Gasteiger partial charge in [-0.1, -0.05) is 0 Å². The van der Waals surface area contributed by atoms with Crippen molar-refractivity contribution in [3.05, 3.63) is 18.5 Å². The third-order valence-electron chi connectivity index (χ3n) is 4.08. The first-order valence-electron chi connectivity index (χ1n) is 5.51. The number of nitrogens with zero attached hydrogens (tertiary/aromatic N) is 2. The number of hydrogen-bond donors (Lipinski definition) is 1. The fraction of sp³-hybridized carbons (Fsp3) is 0.727. The van der Waals surface area contributed by atoms with Crippen LogP contribution >= 0.6 is 0 Å². The van der Waals surface area contributed by atoms with E-state index in [1.807, 2.05) is 23.1 Å². The minimum absolute atomic E-state index is 0.208. The van der Waals surface area contributed by atoms with Crippen molar-refractivity contribution in [1.29, 1.82) is 0 Å². The van der Waals surface area contributed by atoms with Crippen molar-refractivity contribution in [2.45, 2.75) is 44.2 Å². The second kappa shape index (κ2) is 2.60. The van der Waals surface area contributed by atoms with Crippen LogP contribution in [0.2, 0.25) is 0 Å². The van der Waals surface area contributed by atoms with E-state index >= 15 is 0 Å². The maximum absolute atomic E-state index is 6.30. The molecule has 0 amide bonds. The molecule has 1 aromatic heterocycles. The van der Waals surface area contributed by atoms with Crippen molar-refractivity contribution in [3.8, 4) is 0 Å². The molecule has 2 saturated carbocycles. The van der Waals surface area contributed by atoms with Crippen LogP contribution in [0.25, 0.3) is 0 Å². The molecule has 3 nitrogen and oxygen atoms in total. The van der Waals surface area contributed by atoms with E-state index in [2.05, 4.69) is 5.10 Å². The predicted molar refractivity (Wildman–Crippen MR) is 54.7 cm³/mol. The van der Waals surface area contributed by atoms with E-state index in [1.165, 1.54) is 32.1 Å². The molecule has 2 fully saturated rings. The summed E-state index contributed by atoms with van der Waals surface area (Å²) < 4.78 is 2.02. The highest BCUT2D eigenvalue weighted by molar-refractivity contribution is 5.18. The first kappa shape index (κ1) is 8.48. The molecular weight excluding hydrogens is 174 g/mol. The molecule has 0 unspecified atom stereocenters. The molecule has 3 heteroatoms. The van der Waals surface area contributed by atoms with Crippen LogP contribution in [0, 0.1) is 5.41 Å². The monoisotopic (exact) mass is 191 g/mol. The van der Waals surface area contributed by atoms with E-state index in [4.69, 9.17) is 5.73 Å². The molecule has 0 aliphatic heterocycles. The molecule has 3 rings (SSSR count). The smallest absolute Gasteiger partial charge is 0.0489 e. The summed E-state index contributed by atoms with van der Waals surface area (Å²) >= 11 is 0. The van der Waals surface area contributed by atoms with Gasteiger partial charge in [-0.3, -0.25) is 4.68 Å². The van der Waals surface area contributed by atoms with Crippen molar-refractivity contribution < 1.29 is 0 Å². The summed E-state index contributed by atoms with van der Waals surface area (Å²) in [5.41, 5.74) is 6.99. The van der Waals surface area contributed by atoms with E-state index in [-0.39, 0.29) is 5.54 Å². The molecule has 76 valence electrons. The number of hydrogen-bond acceptors (Lipinski definition) is 2. The van der Waals surface area contributed by atoms with Gasteiger partial charge in [0, 0.05) is 24.5 Å². The Labute approximate surface area is 84.3 Å². The third kappa shape index (κ3) is 1.19. The Morgan fingerprint density at radius 2 is 2.07 bits per heavy atom. The van der Waals surface area contributed by atoms with Crippen molar-refractivity contribution in [3.63, 3.8) is 0 Å². The molecule has 1 heterocycles. The van der Waals surface area contributed by atoms with Crippen LogP contribution in [0.3, 0.4) is 0 Å². The lowest BCUT2D eigenvalue weighted by Crippen LogP contribution is -2.34. The van der Waals surface area contributed by atoms with Gasteiger partial charge >= 0.3 is 0 Å². The van der Waals surface area contributed by atoms with Crippen LogP contribution in [0.15, 0.2) is 18.5 Å². The van der Waals surface area contributed by atoms with Crippen molar-refractivity contribution in [2.75, 3.05) is 0 Å². The normalized spacial score (nSPS) is 26.1. The zero-order chi connectivity index (χ0) is 9.65. The second-order valence-electron chi connectivity index (χ2n) is 4.96. The Morgan fingerprint density at radius 3 is 2.57 bits per heavy atom. The van der Waals surface area contributed by atoms with Gasteiger partial charge in [-0.05, 0) is 43.6 Å². The van der Waals surface area contributed by atoms with E-state index in [1.54, 1.807) is 0 Å². The lowest BCUT2D eigenvalue weighted by molar-refractivity contribution is 0.324. The molecule has 0 spiro atoms. The van der Waals surface area contributed by atoms with Crippen LogP contribution in [0.4, 0.5) is 0 Å². The van der Waals surface area contributed by atoms with Crippen molar-refractivity contribution >= 4 is 0 Å². The SMILES string of the molecule is NC1(C2(CCn3cccn3)CC2)CC1. The summed E-state index contributed by atoms with van der Waals surface area (Å²) in [4.78, 5) is 0. The summed E-state index contributed by atoms with van der Waals surface area (Å²) in [6.07, 6.45) is 10.3. The van der Waals surface area contributed by atoms with Crippen molar-refractivity contribution in [2.24, 2.45) is 11.1 Å². The van der Waals surface area contributed by atoms with Crippen LogP contribution in [-0.4, -0.2) is 15.3 Å². The Balaban J connectivity index is 1.63. The van der Waals surface area contributed by atoms with Crippen LogP contribution in [0.5, 0.6) is 0 Å². The summed E-state index contributed by atoms with van der Waals surface area (Å²) in [7, 11) is 0.